The molecule has 0 aromatic heterocycles. The van der Waals surface area contributed by atoms with Crippen LogP contribution in [0.4, 0.5) is 0 Å². The highest BCUT2D eigenvalue weighted by Gasteiger charge is 2.68. The molecule has 0 aromatic carbocycles. The van der Waals surface area contributed by atoms with Crippen molar-refractivity contribution in [2.24, 2.45) is 17.3 Å². The topological polar surface area (TPSA) is 30.5 Å². The first-order chi connectivity index (χ1) is 8.52. The molecule has 1 N–H and O–H groups in total. The molecule has 2 bridgehead atoms. The van der Waals surface area contributed by atoms with Gasteiger partial charge in [-0.1, -0.05) is 13.8 Å². The first kappa shape index (κ1) is 11.7. The first-order valence-electron chi connectivity index (χ1n) is 7.58. The average molecular weight is 249 g/mol. The van der Waals surface area contributed by atoms with Gasteiger partial charge in [0.15, 0.2) is 0 Å². The highest BCUT2D eigenvalue weighted by molar-refractivity contribution is 6.47. The van der Waals surface area contributed by atoms with Crippen LogP contribution in [-0.4, -0.2) is 31.3 Å². The number of hydrogen-bond donors (Lipinski definition) is 1. The van der Waals surface area contributed by atoms with Gasteiger partial charge in [-0.3, -0.25) is 0 Å². The van der Waals surface area contributed by atoms with Gasteiger partial charge in [0.2, 0.25) is 0 Å². The maximum atomic E-state index is 6.44. The molecule has 4 heteroatoms. The average Bonchev–Trinajstić information content (AvgIpc) is 2.92. The molecular weight excluding hydrogens is 225 g/mol. The van der Waals surface area contributed by atoms with Crippen molar-refractivity contribution in [3.63, 3.8) is 0 Å². The second kappa shape index (κ2) is 3.53. The first-order valence-corrected chi connectivity index (χ1v) is 7.58. The fourth-order valence-corrected chi connectivity index (χ4v) is 5.01. The lowest BCUT2D eigenvalue weighted by Gasteiger charge is -2.64. The van der Waals surface area contributed by atoms with E-state index in [2.05, 4.69) is 26.1 Å². The fourth-order valence-electron chi connectivity index (χ4n) is 5.01. The van der Waals surface area contributed by atoms with E-state index in [1.165, 1.54) is 25.7 Å². The number of rotatable bonds is 1. The number of nitrogens with one attached hydrogen (secondary N) is 1. The molecule has 3 nitrogen and oxygen atoms in total. The maximum Gasteiger partial charge on any atom is 0.475 e. The van der Waals surface area contributed by atoms with Crippen LogP contribution in [0.3, 0.4) is 0 Å². The predicted octanol–water partition coefficient (Wildman–Crippen LogP) is 2.01. The Balaban J connectivity index is 1.57. The quantitative estimate of drug-likeness (QED) is 0.721. The van der Waals surface area contributed by atoms with Crippen LogP contribution in [0.5, 0.6) is 0 Å². The summed E-state index contributed by atoms with van der Waals surface area (Å²) in [5.74, 6) is 1.95. The van der Waals surface area contributed by atoms with Gasteiger partial charge in [0.05, 0.1) is 11.7 Å². The highest BCUT2D eigenvalue weighted by Crippen LogP contribution is 2.65. The van der Waals surface area contributed by atoms with Crippen LogP contribution < -0.4 is 5.32 Å². The summed E-state index contributed by atoms with van der Waals surface area (Å²) in [7, 11) is -0.00218. The summed E-state index contributed by atoms with van der Waals surface area (Å²) in [6, 6.07) is 0. The molecule has 0 unspecified atom stereocenters. The Kier molecular flexibility index (Phi) is 2.30. The van der Waals surface area contributed by atoms with Crippen molar-refractivity contribution < 1.29 is 9.31 Å². The van der Waals surface area contributed by atoms with Crippen molar-refractivity contribution in [2.45, 2.75) is 64.1 Å². The molecule has 100 valence electrons. The second-order valence-corrected chi connectivity index (χ2v) is 7.54. The molecule has 5 rings (SSSR count). The van der Waals surface area contributed by atoms with E-state index in [1.54, 1.807) is 0 Å². The van der Waals surface area contributed by atoms with Crippen LogP contribution >= 0.6 is 0 Å². The summed E-state index contributed by atoms with van der Waals surface area (Å²) in [6.45, 7) is 8.25. The van der Waals surface area contributed by atoms with Crippen LogP contribution in [0.25, 0.3) is 0 Å². The molecule has 5 aliphatic rings. The summed E-state index contributed by atoms with van der Waals surface area (Å²) in [5.41, 5.74) is 0.416. The van der Waals surface area contributed by atoms with E-state index in [-0.39, 0.29) is 12.7 Å². The Hall–Kier alpha value is -0.0551. The lowest BCUT2D eigenvalue weighted by molar-refractivity contribution is -0.199. The molecule has 5 atom stereocenters. The van der Waals surface area contributed by atoms with E-state index < -0.39 is 0 Å². The lowest BCUT2D eigenvalue weighted by atomic mass is 9.43. The third kappa shape index (κ3) is 1.32. The Morgan fingerprint density at radius 1 is 1.22 bits per heavy atom. The van der Waals surface area contributed by atoms with Crippen molar-refractivity contribution in [3.05, 3.63) is 0 Å². The minimum Gasteiger partial charge on any atom is -0.404 e. The monoisotopic (exact) mass is 249 g/mol. The van der Waals surface area contributed by atoms with Crippen molar-refractivity contribution in [1.29, 1.82) is 0 Å². The molecule has 2 heterocycles. The summed E-state index contributed by atoms with van der Waals surface area (Å²) >= 11 is 0. The van der Waals surface area contributed by atoms with E-state index in [4.69, 9.17) is 9.31 Å². The Morgan fingerprint density at radius 3 is 2.72 bits per heavy atom. The maximum absolute atomic E-state index is 6.44. The van der Waals surface area contributed by atoms with E-state index in [0.717, 1.165) is 12.5 Å². The van der Waals surface area contributed by atoms with E-state index >= 15 is 0 Å². The van der Waals surface area contributed by atoms with Crippen molar-refractivity contribution in [2.75, 3.05) is 6.54 Å². The minimum atomic E-state index is -0.0345. The summed E-state index contributed by atoms with van der Waals surface area (Å²) in [4.78, 5) is 0. The zero-order valence-corrected chi connectivity index (χ0v) is 11.7. The molecule has 3 saturated carbocycles. The highest BCUT2D eigenvalue weighted by atomic mass is 16.7. The van der Waals surface area contributed by atoms with Crippen LogP contribution in [-0.2, 0) is 9.31 Å². The molecule has 0 amide bonds. The van der Waals surface area contributed by atoms with Gasteiger partial charge in [-0.15, -0.1) is 0 Å². The molecule has 2 saturated heterocycles. The predicted molar refractivity (Wildman–Crippen MR) is 71.1 cm³/mol. The van der Waals surface area contributed by atoms with E-state index in [0.29, 0.717) is 23.4 Å². The molecule has 18 heavy (non-hydrogen) atoms. The van der Waals surface area contributed by atoms with Gasteiger partial charge < -0.3 is 14.6 Å². The third-order valence-electron chi connectivity index (χ3n) is 6.40. The molecule has 3 aliphatic carbocycles. The summed E-state index contributed by atoms with van der Waals surface area (Å²) in [6.07, 6.45) is 5.33. The van der Waals surface area contributed by atoms with Gasteiger partial charge in [0.25, 0.3) is 0 Å². The lowest BCUT2D eigenvalue weighted by Crippen LogP contribution is -2.65. The minimum absolute atomic E-state index is 0.00218. The molecule has 0 radical (unpaired) electrons. The SMILES string of the molecule is CC1(C)[C@@H]2C[C@H]1[C@]1(C)OB([C@H]3CCCN3)O[C@@H]1C2. The van der Waals surface area contributed by atoms with Gasteiger partial charge in [-0.2, -0.15) is 0 Å². The second-order valence-electron chi connectivity index (χ2n) is 7.54. The van der Waals surface area contributed by atoms with Crippen molar-refractivity contribution in [1.82, 2.24) is 5.32 Å². The largest absolute Gasteiger partial charge is 0.475 e. The van der Waals surface area contributed by atoms with Gasteiger partial charge in [0.1, 0.15) is 0 Å². The van der Waals surface area contributed by atoms with Crippen LogP contribution in [0, 0.1) is 17.3 Å². The van der Waals surface area contributed by atoms with Crippen molar-refractivity contribution in [3.8, 4) is 0 Å². The van der Waals surface area contributed by atoms with E-state index in [1.807, 2.05) is 0 Å². The zero-order valence-electron chi connectivity index (χ0n) is 11.7. The van der Waals surface area contributed by atoms with E-state index in [9.17, 15) is 0 Å². The fraction of sp³-hybridized carbons (Fsp3) is 1.00. The summed E-state index contributed by atoms with van der Waals surface area (Å²) in [5, 5.41) is 3.52. The third-order valence-corrected chi connectivity index (χ3v) is 6.40. The van der Waals surface area contributed by atoms with Crippen molar-refractivity contribution >= 4 is 7.12 Å². The standard InChI is InChI=1S/C14H24BNO2/c1-13(2)9-7-10(13)14(3)11(8-9)17-15(18-14)12-5-4-6-16-12/h9-12,16H,4-8H2,1-3H3/t9-,10-,11-,12-,14+/m1/s1. The summed E-state index contributed by atoms with van der Waals surface area (Å²) < 4.78 is 12.7. The van der Waals surface area contributed by atoms with Gasteiger partial charge in [-0.25, -0.2) is 0 Å². The van der Waals surface area contributed by atoms with Crippen LogP contribution in [0.15, 0.2) is 0 Å². The van der Waals surface area contributed by atoms with Gasteiger partial charge in [-0.05, 0) is 56.4 Å². The smallest absolute Gasteiger partial charge is 0.404 e. The molecule has 2 aliphatic heterocycles. The Bertz CT molecular complexity index is 369. The number of hydrogen-bond acceptors (Lipinski definition) is 3. The molecule has 5 fully saturated rings. The van der Waals surface area contributed by atoms with Gasteiger partial charge in [0, 0.05) is 5.94 Å². The molecular formula is C14H24BNO2. The molecule has 0 spiro atoms. The van der Waals surface area contributed by atoms with Crippen LogP contribution in [0.2, 0.25) is 0 Å². The zero-order chi connectivity index (χ0) is 12.5. The Labute approximate surface area is 110 Å². The Morgan fingerprint density at radius 2 is 2.06 bits per heavy atom. The van der Waals surface area contributed by atoms with Gasteiger partial charge >= 0.3 is 7.12 Å². The molecule has 0 aromatic rings. The van der Waals surface area contributed by atoms with Crippen LogP contribution in [0.1, 0.15) is 46.5 Å². The normalized spacial score (nSPS) is 53.2.